The summed E-state index contributed by atoms with van der Waals surface area (Å²) in [6.07, 6.45) is 5.99. The minimum Gasteiger partial charge on any atom is -0.497 e. The first-order chi connectivity index (χ1) is 9.66. The van der Waals surface area contributed by atoms with Crippen molar-refractivity contribution in [2.24, 2.45) is 0 Å². The van der Waals surface area contributed by atoms with Crippen molar-refractivity contribution in [3.63, 3.8) is 0 Å². The van der Waals surface area contributed by atoms with E-state index >= 15 is 0 Å². The molecule has 0 fully saturated rings. The fourth-order valence-electron chi connectivity index (χ4n) is 2.23. The van der Waals surface area contributed by atoms with E-state index < -0.39 is 11.0 Å². The van der Waals surface area contributed by atoms with Crippen LogP contribution in [0.25, 0.3) is 0 Å². The van der Waals surface area contributed by atoms with E-state index in [0.29, 0.717) is 13.1 Å². The Kier molecular flexibility index (Phi) is 5.80. The molecule has 0 aromatic heterocycles. The largest absolute Gasteiger partial charge is 0.497 e. The van der Waals surface area contributed by atoms with Crippen molar-refractivity contribution in [3.8, 4) is 0 Å². The van der Waals surface area contributed by atoms with Gasteiger partial charge in [0.15, 0.2) is 0 Å². The summed E-state index contributed by atoms with van der Waals surface area (Å²) in [5.74, 6) is 0. The number of benzene rings is 1. The van der Waals surface area contributed by atoms with Crippen LogP contribution in [0.2, 0.25) is 0 Å². The zero-order chi connectivity index (χ0) is 14.4. The highest BCUT2D eigenvalue weighted by atomic mass is 32.2. The second-order valence-corrected chi connectivity index (χ2v) is 7.35. The molecule has 0 bridgehead atoms. The minimum atomic E-state index is -0.982. The van der Waals surface area contributed by atoms with Crippen molar-refractivity contribution in [2.45, 2.75) is 44.6 Å². The third kappa shape index (κ3) is 4.46. The maximum atomic E-state index is 12.5. The molecule has 0 unspecified atom stereocenters. The van der Waals surface area contributed by atoms with Gasteiger partial charge in [0.1, 0.15) is 6.10 Å². The van der Waals surface area contributed by atoms with E-state index in [1.807, 2.05) is 42.4 Å². The number of hydrogen-bond donors (Lipinski definition) is 0. The fraction of sp³-hybridized carbons (Fsp3) is 0.500. The van der Waals surface area contributed by atoms with Crippen LogP contribution in [0.15, 0.2) is 42.7 Å². The summed E-state index contributed by atoms with van der Waals surface area (Å²) in [5.41, 5.74) is 1.19. The van der Waals surface area contributed by atoms with E-state index in [2.05, 4.69) is 12.1 Å². The normalized spacial score (nSPS) is 20.1. The quantitative estimate of drug-likeness (QED) is 0.806. The summed E-state index contributed by atoms with van der Waals surface area (Å²) in [6, 6.07) is 10.2. The van der Waals surface area contributed by atoms with Gasteiger partial charge in [-0.15, -0.1) is 0 Å². The lowest BCUT2D eigenvalue weighted by Gasteiger charge is -2.28. The van der Waals surface area contributed by atoms with Gasteiger partial charge in [0, 0.05) is 18.3 Å². The van der Waals surface area contributed by atoms with Crippen LogP contribution in [-0.4, -0.2) is 26.4 Å². The Hall–Kier alpha value is -1.13. The molecule has 2 atom stereocenters. The number of nitrogens with zero attached hydrogens (tertiary/aromatic N) is 1. The SMILES string of the molecule is CC(C)[S@](=O)N(Cc1ccccc1)C[C@@H]1CCC=CO1. The van der Waals surface area contributed by atoms with E-state index in [0.717, 1.165) is 12.8 Å². The maximum Gasteiger partial charge on any atom is 0.112 e. The molecule has 0 saturated heterocycles. The van der Waals surface area contributed by atoms with Gasteiger partial charge >= 0.3 is 0 Å². The third-order valence-corrected chi connectivity index (χ3v) is 4.88. The maximum absolute atomic E-state index is 12.5. The predicted molar refractivity (Wildman–Crippen MR) is 83.4 cm³/mol. The van der Waals surface area contributed by atoms with Crippen molar-refractivity contribution in [1.29, 1.82) is 0 Å². The van der Waals surface area contributed by atoms with E-state index in [-0.39, 0.29) is 11.4 Å². The van der Waals surface area contributed by atoms with Crippen LogP contribution in [0.1, 0.15) is 32.3 Å². The first-order valence-electron chi connectivity index (χ1n) is 7.17. The molecule has 1 aliphatic rings. The molecule has 110 valence electrons. The summed E-state index contributed by atoms with van der Waals surface area (Å²) in [7, 11) is -0.982. The Morgan fingerprint density at radius 2 is 2.10 bits per heavy atom. The van der Waals surface area contributed by atoms with Crippen LogP contribution in [0.5, 0.6) is 0 Å². The van der Waals surface area contributed by atoms with E-state index in [1.54, 1.807) is 6.26 Å². The zero-order valence-electron chi connectivity index (χ0n) is 12.2. The molecule has 3 nitrogen and oxygen atoms in total. The smallest absolute Gasteiger partial charge is 0.112 e. The standard InChI is InChI=1S/C16H23NO2S/c1-14(2)20(18)17(12-15-8-4-3-5-9-15)13-16-10-6-7-11-19-16/h3-5,7-9,11,14,16H,6,10,12-13H2,1-2H3/t16-,20-/m0/s1. The van der Waals surface area contributed by atoms with Crippen LogP contribution in [0, 0.1) is 0 Å². The Morgan fingerprint density at radius 3 is 2.70 bits per heavy atom. The summed E-state index contributed by atoms with van der Waals surface area (Å²) in [4.78, 5) is 0. The van der Waals surface area contributed by atoms with Gasteiger partial charge in [-0.05, 0) is 38.3 Å². The lowest BCUT2D eigenvalue weighted by molar-refractivity contribution is 0.103. The van der Waals surface area contributed by atoms with Crippen molar-refractivity contribution < 1.29 is 8.95 Å². The van der Waals surface area contributed by atoms with Crippen molar-refractivity contribution in [2.75, 3.05) is 6.54 Å². The predicted octanol–water partition coefficient (Wildman–Crippen LogP) is 3.25. The summed E-state index contributed by atoms with van der Waals surface area (Å²) < 4.78 is 20.1. The third-order valence-electron chi connectivity index (χ3n) is 3.29. The summed E-state index contributed by atoms with van der Waals surface area (Å²) in [6.45, 7) is 5.41. The molecule has 1 aliphatic heterocycles. The highest BCUT2D eigenvalue weighted by molar-refractivity contribution is 7.83. The van der Waals surface area contributed by atoms with Gasteiger partial charge in [0.25, 0.3) is 0 Å². The number of rotatable bonds is 6. The molecule has 20 heavy (non-hydrogen) atoms. The van der Waals surface area contributed by atoms with E-state index in [9.17, 15) is 4.21 Å². The van der Waals surface area contributed by atoms with E-state index in [4.69, 9.17) is 4.74 Å². The average Bonchev–Trinajstić information content (AvgIpc) is 2.48. The van der Waals surface area contributed by atoms with Gasteiger partial charge in [-0.1, -0.05) is 30.3 Å². The highest BCUT2D eigenvalue weighted by Crippen LogP contribution is 2.16. The first-order valence-corrected chi connectivity index (χ1v) is 8.34. The van der Waals surface area contributed by atoms with Gasteiger partial charge in [-0.3, -0.25) is 0 Å². The van der Waals surface area contributed by atoms with Crippen LogP contribution in [0.3, 0.4) is 0 Å². The van der Waals surface area contributed by atoms with Crippen LogP contribution >= 0.6 is 0 Å². The molecule has 0 spiro atoms. The van der Waals surface area contributed by atoms with Crippen molar-refractivity contribution >= 4 is 11.0 Å². The molecule has 1 aromatic rings. The molecule has 4 heteroatoms. The van der Waals surface area contributed by atoms with Crippen molar-refractivity contribution in [3.05, 3.63) is 48.2 Å². The number of hydrogen-bond acceptors (Lipinski definition) is 2. The van der Waals surface area contributed by atoms with Crippen LogP contribution in [-0.2, 0) is 22.3 Å². The average molecular weight is 293 g/mol. The lowest BCUT2D eigenvalue weighted by Crippen LogP contribution is -2.37. The van der Waals surface area contributed by atoms with E-state index in [1.165, 1.54) is 5.56 Å². The Labute approximate surface area is 124 Å². The lowest BCUT2D eigenvalue weighted by atomic mass is 10.1. The monoisotopic (exact) mass is 293 g/mol. The summed E-state index contributed by atoms with van der Waals surface area (Å²) >= 11 is 0. The Morgan fingerprint density at radius 1 is 1.35 bits per heavy atom. The van der Waals surface area contributed by atoms with Gasteiger partial charge in [-0.25, -0.2) is 8.51 Å². The topological polar surface area (TPSA) is 29.5 Å². The van der Waals surface area contributed by atoms with Crippen molar-refractivity contribution in [1.82, 2.24) is 4.31 Å². The minimum absolute atomic E-state index is 0.123. The Balaban J connectivity index is 2.04. The molecule has 2 rings (SSSR count). The van der Waals surface area contributed by atoms with Crippen LogP contribution in [0.4, 0.5) is 0 Å². The van der Waals surface area contributed by atoms with Gasteiger partial charge < -0.3 is 4.74 Å². The second-order valence-electron chi connectivity index (χ2n) is 5.34. The molecule has 1 aromatic carbocycles. The number of allylic oxidation sites excluding steroid dienone is 1. The second kappa shape index (κ2) is 7.60. The molecular weight excluding hydrogens is 270 g/mol. The molecular formula is C16H23NO2S. The van der Waals surface area contributed by atoms with Gasteiger partial charge in [-0.2, -0.15) is 0 Å². The van der Waals surface area contributed by atoms with Gasteiger partial charge in [0.05, 0.1) is 17.2 Å². The molecule has 0 N–H and O–H groups in total. The fourth-order valence-corrected chi connectivity index (χ4v) is 3.42. The molecule has 0 radical (unpaired) electrons. The number of ether oxygens (including phenoxy) is 1. The molecule has 0 saturated carbocycles. The van der Waals surface area contributed by atoms with Crippen LogP contribution < -0.4 is 0 Å². The summed E-state index contributed by atoms with van der Waals surface area (Å²) in [5, 5.41) is 0.123. The first kappa shape index (κ1) is 15.3. The Bertz CT molecular complexity index is 459. The van der Waals surface area contributed by atoms with Gasteiger partial charge in [0.2, 0.25) is 0 Å². The highest BCUT2D eigenvalue weighted by Gasteiger charge is 2.22. The molecule has 1 heterocycles. The zero-order valence-corrected chi connectivity index (χ0v) is 13.0. The molecule has 0 amide bonds. The molecule has 0 aliphatic carbocycles.